The second-order valence-corrected chi connectivity index (χ2v) is 5.19. The first-order valence-corrected chi connectivity index (χ1v) is 7.31. The van der Waals surface area contributed by atoms with Gasteiger partial charge in [-0.05, 0) is 0 Å². The molecule has 0 unspecified atom stereocenters. The van der Waals surface area contributed by atoms with Crippen molar-refractivity contribution in [1.29, 1.82) is 0 Å². The smallest absolute Gasteiger partial charge is 0.716 e. The van der Waals surface area contributed by atoms with E-state index in [0.29, 0.717) is 0 Å². The topological polar surface area (TPSA) is 113 Å². The summed E-state index contributed by atoms with van der Waals surface area (Å²) in [4.78, 5) is 12.3. The summed E-state index contributed by atoms with van der Waals surface area (Å²) in [6.45, 7) is 0. The first-order valence-electron chi connectivity index (χ1n) is 5.98. The van der Waals surface area contributed by atoms with E-state index in [2.05, 4.69) is 4.18 Å². The molecular formula is C14H11NaO7S. The summed E-state index contributed by atoms with van der Waals surface area (Å²) in [5.41, 5.74) is 0.0598. The zero-order chi connectivity index (χ0) is 16.3. The van der Waals surface area contributed by atoms with Gasteiger partial charge in [0.2, 0.25) is 0 Å². The Morgan fingerprint density at radius 3 is 2.26 bits per heavy atom. The number of hydrogen-bond donors (Lipinski definition) is 1. The van der Waals surface area contributed by atoms with E-state index in [-0.39, 0.29) is 46.4 Å². The molecule has 9 heteroatoms. The Bertz CT molecular complexity index is 803. The average Bonchev–Trinajstić information content (AvgIpc) is 2.47. The normalized spacial score (nSPS) is 10.5. The van der Waals surface area contributed by atoms with Crippen molar-refractivity contribution in [3.8, 4) is 17.2 Å². The number of carbonyl (C=O) groups is 1. The van der Waals surface area contributed by atoms with Gasteiger partial charge in [0.05, 0.1) is 12.7 Å². The molecule has 0 aliphatic heterocycles. The second kappa shape index (κ2) is 7.80. The SMILES string of the molecule is COc1cc(O)c(C(=O)c2ccccc2)cc1OS(=O)(=O)[O-].[Na+]. The van der Waals surface area contributed by atoms with Gasteiger partial charge in [-0.25, -0.2) is 8.42 Å². The third kappa shape index (κ3) is 4.95. The molecule has 0 aliphatic rings. The minimum absolute atomic E-state index is 0. The second-order valence-electron chi connectivity index (χ2n) is 4.21. The quantitative estimate of drug-likeness (QED) is 0.303. The molecule has 0 radical (unpaired) electrons. The maximum Gasteiger partial charge on any atom is 1.00 e. The van der Waals surface area contributed by atoms with E-state index < -0.39 is 27.7 Å². The summed E-state index contributed by atoms with van der Waals surface area (Å²) in [6, 6.07) is 9.97. The molecule has 0 saturated heterocycles. The Kier molecular flexibility index (Phi) is 6.60. The Balaban J connectivity index is 0.00000264. The molecule has 0 spiro atoms. The van der Waals surface area contributed by atoms with Crippen molar-refractivity contribution in [2.24, 2.45) is 0 Å². The number of phenols is 1. The molecular weight excluding hydrogens is 335 g/mol. The summed E-state index contributed by atoms with van der Waals surface area (Å²) in [5.74, 6) is -1.66. The van der Waals surface area contributed by atoms with Gasteiger partial charge in [-0.1, -0.05) is 30.3 Å². The van der Waals surface area contributed by atoms with Gasteiger partial charge in [-0.15, -0.1) is 0 Å². The summed E-state index contributed by atoms with van der Waals surface area (Å²) in [6.07, 6.45) is 0. The van der Waals surface area contributed by atoms with E-state index in [1.807, 2.05) is 0 Å². The number of benzene rings is 2. The van der Waals surface area contributed by atoms with Gasteiger partial charge in [-0.3, -0.25) is 4.79 Å². The Labute approximate surface area is 155 Å². The number of ether oxygens (including phenoxy) is 1. The molecule has 0 fully saturated rings. The molecule has 1 N–H and O–H groups in total. The maximum atomic E-state index is 12.3. The van der Waals surface area contributed by atoms with E-state index in [4.69, 9.17) is 4.74 Å². The van der Waals surface area contributed by atoms with Crippen molar-refractivity contribution in [2.45, 2.75) is 0 Å². The van der Waals surface area contributed by atoms with E-state index >= 15 is 0 Å². The van der Waals surface area contributed by atoms with E-state index in [1.165, 1.54) is 19.2 Å². The molecule has 2 aromatic carbocycles. The molecule has 0 aromatic heterocycles. The van der Waals surface area contributed by atoms with Gasteiger partial charge >= 0.3 is 29.6 Å². The van der Waals surface area contributed by atoms with E-state index in [9.17, 15) is 22.9 Å². The average molecular weight is 346 g/mol. The number of methoxy groups -OCH3 is 1. The van der Waals surface area contributed by atoms with Gasteiger partial charge in [0, 0.05) is 17.7 Å². The van der Waals surface area contributed by atoms with Crippen LogP contribution in [0.4, 0.5) is 0 Å². The van der Waals surface area contributed by atoms with Gasteiger partial charge < -0.3 is 18.6 Å². The molecule has 116 valence electrons. The van der Waals surface area contributed by atoms with Gasteiger partial charge in [-0.2, -0.15) is 0 Å². The van der Waals surface area contributed by atoms with Crippen LogP contribution in [0.3, 0.4) is 0 Å². The van der Waals surface area contributed by atoms with Crippen molar-refractivity contribution in [2.75, 3.05) is 7.11 Å². The van der Waals surface area contributed by atoms with Crippen LogP contribution in [0.15, 0.2) is 42.5 Å². The third-order valence-corrected chi connectivity index (χ3v) is 3.14. The standard InChI is InChI=1S/C14H12O7S.Na/c1-20-12-8-11(15)10(7-13(12)21-22(17,18)19)14(16)9-5-3-2-4-6-9;/h2-8,15H,1H3,(H,17,18,19);/q;+1/p-1. The van der Waals surface area contributed by atoms with Crippen LogP contribution < -0.4 is 38.5 Å². The van der Waals surface area contributed by atoms with Gasteiger partial charge in [0.15, 0.2) is 17.3 Å². The fraction of sp³-hybridized carbons (Fsp3) is 0.0714. The van der Waals surface area contributed by atoms with E-state index in [0.717, 1.165) is 12.1 Å². The van der Waals surface area contributed by atoms with Crippen LogP contribution in [0, 0.1) is 0 Å². The number of phenolic OH excluding ortho intramolecular Hbond substituents is 1. The number of aromatic hydroxyl groups is 1. The van der Waals surface area contributed by atoms with Crippen LogP contribution in [0.25, 0.3) is 0 Å². The summed E-state index contributed by atoms with van der Waals surface area (Å²) in [7, 11) is -3.86. The molecule has 0 aliphatic carbocycles. The molecule has 7 nitrogen and oxygen atoms in total. The molecule has 2 rings (SSSR count). The largest absolute Gasteiger partial charge is 1.00 e. The van der Waals surface area contributed by atoms with Crippen molar-refractivity contribution in [3.63, 3.8) is 0 Å². The zero-order valence-corrected chi connectivity index (χ0v) is 15.2. The first-order chi connectivity index (χ1) is 10.3. The van der Waals surface area contributed by atoms with Gasteiger partial charge in [0.25, 0.3) is 10.4 Å². The van der Waals surface area contributed by atoms with Crippen LogP contribution >= 0.6 is 0 Å². The summed E-state index contributed by atoms with van der Waals surface area (Å²) in [5, 5.41) is 9.89. The molecule has 23 heavy (non-hydrogen) atoms. The third-order valence-electron chi connectivity index (χ3n) is 2.75. The fourth-order valence-electron chi connectivity index (χ4n) is 1.81. The Morgan fingerprint density at radius 2 is 1.74 bits per heavy atom. The maximum absolute atomic E-state index is 12.3. The van der Waals surface area contributed by atoms with Crippen molar-refractivity contribution in [3.05, 3.63) is 53.6 Å². The molecule has 0 atom stereocenters. The van der Waals surface area contributed by atoms with Gasteiger partial charge in [0.1, 0.15) is 5.75 Å². The van der Waals surface area contributed by atoms with Crippen LogP contribution in [0.2, 0.25) is 0 Å². The summed E-state index contributed by atoms with van der Waals surface area (Å²) >= 11 is 0. The number of ketones is 1. The molecule has 0 amide bonds. The Hall–Kier alpha value is -1.58. The fourth-order valence-corrected chi connectivity index (χ4v) is 2.16. The number of hydrogen-bond acceptors (Lipinski definition) is 7. The van der Waals surface area contributed by atoms with Crippen LogP contribution in [0.1, 0.15) is 15.9 Å². The Morgan fingerprint density at radius 1 is 1.13 bits per heavy atom. The number of rotatable bonds is 5. The zero-order valence-electron chi connectivity index (χ0n) is 12.3. The first kappa shape index (κ1) is 19.5. The van der Waals surface area contributed by atoms with Crippen molar-refractivity contribution < 1.29 is 61.3 Å². The number of carbonyl (C=O) groups excluding carboxylic acids is 1. The molecule has 0 heterocycles. The summed E-state index contributed by atoms with van der Waals surface area (Å²) < 4.78 is 41.2. The van der Waals surface area contributed by atoms with Crippen LogP contribution in [0.5, 0.6) is 17.2 Å². The monoisotopic (exact) mass is 346 g/mol. The molecule has 2 aromatic rings. The van der Waals surface area contributed by atoms with Crippen molar-refractivity contribution in [1.82, 2.24) is 0 Å². The van der Waals surface area contributed by atoms with Crippen LogP contribution in [-0.4, -0.2) is 31.0 Å². The van der Waals surface area contributed by atoms with E-state index in [1.54, 1.807) is 18.2 Å². The van der Waals surface area contributed by atoms with Crippen molar-refractivity contribution >= 4 is 16.2 Å². The van der Waals surface area contributed by atoms with Crippen LogP contribution in [-0.2, 0) is 10.4 Å². The minimum atomic E-state index is -5.05. The predicted molar refractivity (Wildman–Crippen MR) is 74.9 cm³/mol. The minimum Gasteiger partial charge on any atom is -0.716 e. The molecule has 0 saturated carbocycles. The predicted octanol–water partition coefficient (Wildman–Crippen LogP) is -1.53. The molecule has 0 bridgehead atoms.